The van der Waals surface area contributed by atoms with Crippen LogP contribution in [0.1, 0.15) is 39.3 Å². The monoisotopic (exact) mass is 602 g/mol. The number of halogens is 4. The number of pyridine rings is 1. The summed E-state index contributed by atoms with van der Waals surface area (Å²) in [6, 6.07) is 14.6. The molecule has 3 heterocycles. The molecule has 1 fully saturated rings. The lowest BCUT2D eigenvalue weighted by Crippen LogP contribution is -2.31. The number of nitriles is 1. The van der Waals surface area contributed by atoms with Gasteiger partial charge in [0.05, 0.1) is 41.1 Å². The van der Waals surface area contributed by atoms with Crippen molar-refractivity contribution >= 4 is 17.0 Å². The quantitative estimate of drug-likeness (QED) is 0.201. The second-order valence-corrected chi connectivity index (χ2v) is 10.2. The van der Waals surface area contributed by atoms with Gasteiger partial charge in [0.1, 0.15) is 29.6 Å². The van der Waals surface area contributed by atoms with E-state index < -0.39 is 35.1 Å². The van der Waals surface area contributed by atoms with Gasteiger partial charge in [-0.3, -0.25) is 0 Å². The Morgan fingerprint density at radius 1 is 0.977 bits per heavy atom. The highest BCUT2D eigenvalue weighted by Crippen LogP contribution is 2.29. The van der Waals surface area contributed by atoms with Crippen LogP contribution in [0.2, 0.25) is 0 Å². The van der Waals surface area contributed by atoms with Gasteiger partial charge in [-0.05, 0) is 54.4 Å². The molecular formula is C32H22F4N4O4. The molecule has 1 saturated heterocycles. The maximum Gasteiger partial charge on any atom is 0.335 e. The molecule has 0 bridgehead atoms. The van der Waals surface area contributed by atoms with E-state index in [1.54, 1.807) is 10.6 Å². The van der Waals surface area contributed by atoms with E-state index in [9.17, 15) is 23.1 Å². The van der Waals surface area contributed by atoms with E-state index in [2.05, 4.69) is 9.97 Å². The van der Waals surface area contributed by atoms with E-state index in [1.807, 2.05) is 6.07 Å². The van der Waals surface area contributed by atoms with Gasteiger partial charge in [-0.2, -0.15) is 5.26 Å². The first-order valence-electron chi connectivity index (χ1n) is 13.5. The van der Waals surface area contributed by atoms with Crippen molar-refractivity contribution in [3.8, 4) is 23.2 Å². The molecule has 3 aromatic carbocycles. The number of imidazole rings is 1. The summed E-state index contributed by atoms with van der Waals surface area (Å²) in [5.74, 6) is -4.27. The molecule has 1 N–H and O–H groups in total. The van der Waals surface area contributed by atoms with Gasteiger partial charge in [0.2, 0.25) is 0 Å². The number of aromatic nitrogens is 3. The zero-order valence-electron chi connectivity index (χ0n) is 22.9. The summed E-state index contributed by atoms with van der Waals surface area (Å²) in [4.78, 5) is 20.1. The average Bonchev–Trinajstić information content (AvgIpc) is 3.33. The third kappa shape index (κ3) is 5.69. The number of ether oxygens (including phenoxy) is 2. The molecule has 0 amide bonds. The molecule has 1 aliphatic heterocycles. The minimum atomic E-state index is -1.29. The Kier molecular flexibility index (Phi) is 7.71. The summed E-state index contributed by atoms with van der Waals surface area (Å²) in [7, 11) is 0. The van der Waals surface area contributed by atoms with Crippen LogP contribution in [0.5, 0.6) is 5.88 Å². The van der Waals surface area contributed by atoms with E-state index in [4.69, 9.17) is 14.7 Å². The Morgan fingerprint density at radius 3 is 2.43 bits per heavy atom. The number of hydrogen-bond acceptors (Lipinski definition) is 6. The predicted octanol–water partition coefficient (Wildman–Crippen LogP) is 6.18. The summed E-state index contributed by atoms with van der Waals surface area (Å²) in [5, 5.41) is 18.3. The van der Waals surface area contributed by atoms with Gasteiger partial charge in [0.15, 0.2) is 11.6 Å². The van der Waals surface area contributed by atoms with Crippen LogP contribution >= 0.6 is 0 Å². The van der Waals surface area contributed by atoms with E-state index in [-0.39, 0.29) is 58.1 Å². The molecule has 0 saturated carbocycles. The van der Waals surface area contributed by atoms with Gasteiger partial charge in [0.25, 0.3) is 5.88 Å². The molecule has 0 aliphatic carbocycles. The van der Waals surface area contributed by atoms with Crippen LogP contribution in [-0.2, 0) is 24.3 Å². The van der Waals surface area contributed by atoms with E-state index in [0.717, 1.165) is 24.6 Å². The second kappa shape index (κ2) is 11.8. The second-order valence-electron chi connectivity index (χ2n) is 10.2. The summed E-state index contributed by atoms with van der Waals surface area (Å²) in [6.45, 7) is 0.524. The van der Waals surface area contributed by atoms with Crippen molar-refractivity contribution in [1.82, 2.24) is 14.5 Å². The van der Waals surface area contributed by atoms with E-state index in [0.29, 0.717) is 24.5 Å². The zero-order valence-corrected chi connectivity index (χ0v) is 22.9. The van der Waals surface area contributed by atoms with Crippen LogP contribution < -0.4 is 4.74 Å². The largest absolute Gasteiger partial charge is 0.478 e. The lowest BCUT2D eigenvalue weighted by molar-refractivity contribution is -0.0589. The Morgan fingerprint density at radius 2 is 1.75 bits per heavy atom. The molecule has 1 aliphatic rings. The third-order valence-corrected chi connectivity index (χ3v) is 7.37. The summed E-state index contributed by atoms with van der Waals surface area (Å²) >= 11 is 0. The maximum absolute atomic E-state index is 15.4. The van der Waals surface area contributed by atoms with Crippen LogP contribution in [0.4, 0.5) is 17.6 Å². The predicted molar refractivity (Wildman–Crippen MR) is 149 cm³/mol. The number of rotatable bonds is 9. The molecule has 1 atom stereocenters. The topological polar surface area (TPSA) is 110 Å². The molecule has 0 spiro atoms. The fraction of sp³-hybridized carbons (Fsp3) is 0.188. The number of carbonyl (C=O) groups is 1. The molecule has 5 aromatic rings. The minimum absolute atomic E-state index is 0.0229. The molecule has 6 rings (SSSR count). The lowest BCUT2D eigenvalue weighted by Gasteiger charge is -2.27. The average molecular weight is 603 g/mol. The number of carboxylic acids is 1. The molecule has 12 heteroatoms. The molecule has 2 aromatic heterocycles. The summed E-state index contributed by atoms with van der Waals surface area (Å²) in [5.41, 5.74) is 0.990. The van der Waals surface area contributed by atoms with Crippen LogP contribution in [0, 0.1) is 34.6 Å². The first-order valence-corrected chi connectivity index (χ1v) is 13.5. The van der Waals surface area contributed by atoms with Gasteiger partial charge >= 0.3 is 5.97 Å². The van der Waals surface area contributed by atoms with Crippen molar-refractivity contribution < 1.29 is 36.9 Å². The van der Waals surface area contributed by atoms with Crippen molar-refractivity contribution in [2.45, 2.75) is 32.1 Å². The number of nitrogens with zero attached hydrogens (tertiary/aromatic N) is 4. The molecule has 44 heavy (non-hydrogen) atoms. The van der Waals surface area contributed by atoms with Crippen molar-refractivity contribution in [3.63, 3.8) is 0 Å². The highest BCUT2D eigenvalue weighted by Gasteiger charge is 2.24. The highest BCUT2D eigenvalue weighted by atomic mass is 19.1. The molecule has 8 nitrogen and oxygen atoms in total. The number of fused-ring (bicyclic) bond motifs is 1. The van der Waals surface area contributed by atoms with Crippen molar-refractivity contribution in [3.05, 3.63) is 112 Å². The van der Waals surface area contributed by atoms with Gasteiger partial charge in [-0.1, -0.05) is 18.2 Å². The first-order chi connectivity index (χ1) is 21.2. The standard InChI is InChI=1S/C32H22F4N4O4/c33-23-5-6-27(38-31(23)44-16-20-2-1-17(14-37)9-24(20)34)19-4-3-18(25(35)10-19)13-29-39-30-26(36)11-21(32(41)42)12-28(30)40(29)15-22-7-8-43-22/h1-6,9-12,22H,7-8,13,15-16H2,(H,41,42)/t22-/m0/s1. The van der Waals surface area contributed by atoms with E-state index in [1.165, 1.54) is 36.4 Å². The fourth-order valence-corrected chi connectivity index (χ4v) is 4.91. The van der Waals surface area contributed by atoms with Crippen molar-refractivity contribution in [2.24, 2.45) is 0 Å². The van der Waals surface area contributed by atoms with Crippen molar-refractivity contribution in [1.29, 1.82) is 5.26 Å². The summed E-state index contributed by atoms with van der Waals surface area (Å²) < 4.78 is 71.5. The van der Waals surface area contributed by atoms with Gasteiger partial charge in [-0.15, -0.1) is 0 Å². The first kappa shape index (κ1) is 28.8. The van der Waals surface area contributed by atoms with E-state index >= 15 is 4.39 Å². The van der Waals surface area contributed by atoms with Crippen molar-refractivity contribution in [2.75, 3.05) is 6.61 Å². The van der Waals surface area contributed by atoms with Gasteiger partial charge in [-0.25, -0.2) is 32.3 Å². The highest BCUT2D eigenvalue weighted by molar-refractivity contribution is 5.92. The molecule has 0 radical (unpaired) electrons. The van der Waals surface area contributed by atoms with Crippen LogP contribution in [0.25, 0.3) is 22.3 Å². The Balaban J connectivity index is 1.26. The maximum atomic E-state index is 15.4. The molecular weight excluding hydrogens is 580 g/mol. The number of hydrogen-bond donors (Lipinski definition) is 1. The smallest absolute Gasteiger partial charge is 0.335 e. The molecule has 0 unspecified atom stereocenters. The normalized spacial score (nSPS) is 14.3. The Labute approximate surface area is 247 Å². The Bertz CT molecular complexity index is 1970. The third-order valence-electron chi connectivity index (χ3n) is 7.37. The molecule has 222 valence electrons. The van der Waals surface area contributed by atoms with Crippen LogP contribution in [0.15, 0.2) is 60.7 Å². The Hall–Kier alpha value is -5.28. The number of benzene rings is 3. The summed E-state index contributed by atoms with van der Waals surface area (Å²) in [6.07, 6.45) is 0.572. The van der Waals surface area contributed by atoms with Gasteiger partial charge < -0.3 is 19.1 Å². The lowest BCUT2D eigenvalue weighted by atomic mass is 10.0. The van der Waals surface area contributed by atoms with Crippen LogP contribution in [0.3, 0.4) is 0 Å². The fourth-order valence-electron chi connectivity index (χ4n) is 4.91. The van der Waals surface area contributed by atoms with Gasteiger partial charge in [0, 0.05) is 24.2 Å². The SMILES string of the molecule is N#Cc1ccc(COc2nc(-c3ccc(Cc4nc5c(F)cc(C(=O)O)cc5n4C[C@@H]4CCO4)c(F)c3)ccc2F)c(F)c1. The van der Waals surface area contributed by atoms with Crippen LogP contribution in [-0.4, -0.2) is 38.3 Å². The number of carboxylic acid groups (broad SMARTS) is 1. The zero-order chi connectivity index (χ0) is 31.0. The minimum Gasteiger partial charge on any atom is -0.478 e. The number of aromatic carboxylic acids is 1.